The fourth-order valence-corrected chi connectivity index (χ4v) is 0.988. The summed E-state index contributed by atoms with van der Waals surface area (Å²) in [4.78, 5) is 8.09. The summed E-state index contributed by atoms with van der Waals surface area (Å²) in [5, 5.41) is 0. The summed E-state index contributed by atoms with van der Waals surface area (Å²) >= 11 is 3.27. The second-order valence-electron chi connectivity index (χ2n) is 2.63. The third-order valence-corrected chi connectivity index (χ3v) is 1.89. The fourth-order valence-electron chi connectivity index (χ4n) is 0.784. The van der Waals surface area contributed by atoms with Crippen LogP contribution in [-0.4, -0.2) is 9.97 Å². The van der Waals surface area contributed by atoms with E-state index in [1.165, 1.54) is 6.42 Å². The van der Waals surface area contributed by atoms with Crippen molar-refractivity contribution in [1.29, 1.82) is 0 Å². The quantitative estimate of drug-likeness (QED) is 0.585. The third kappa shape index (κ3) is 4.05. The molecule has 0 saturated carbocycles. The molecule has 0 amide bonds. The van der Waals surface area contributed by atoms with E-state index in [0.29, 0.717) is 5.82 Å². The van der Waals surface area contributed by atoms with Gasteiger partial charge >= 0.3 is 0 Å². The first-order valence-corrected chi connectivity index (χ1v) is 5.08. The minimum atomic E-state index is 0.597. The third-order valence-electron chi connectivity index (χ3n) is 1.48. The van der Waals surface area contributed by atoms with Crippen LogP contribution in [0, 0.1) is 11.8 Å². The van der Waals surface area contributed by atoms with Crippen LogP contribution in [0.1, 0.15) is 32.0 Å². The van der Waals surface area contributed by atoms with Gasteiger partial charge in [-0.3, -0.25) is 0 Å². The SMILES string of the molecule is CCCCC#Cc1ncc(Br)cn1. The molecule has 3 heteroatoms. The number of hydrogen-bond donors (Lipinski definition) is 0. The van der Waals surface area contributed by atoms with Gasteiger partial charge in [0.25, 0.3) is 0 Å². The molecule has 0 spiro atoms. The lowest BCUT2D eigenvalue weighted by atomic mass is 10.2. The van der Waals surface area contributed by atoms with E-state index >= 15 is 0 Å². The molecular weight excluding hydrogens is 228 g/mol. The maximum Gasteiger partial charge on any atom is 0.204 e. The van der Waals surface area contributed by atoms with E-state index in [1.54, 1.807) is 12.4 Å². The molecule has 13 heavy (non-hydrogen) atoms. The zero-order chi connectivity index (χ0) is 9.52. The van der Waals surface area contributed by atoms with Crippen LogP contribution in [-0.2, 0) is 0 Å². The van der Waals surface area contributed by atoms with Crippen molar-refractivity contribution in [2.75, 3.05) is 0 Å². The molecule has 0 saturated heterocycles. The second kappa shape index (κ2) is 5.71. The summed E-state index contributed by atoms with van der Waals surface area (Å²) in [6, 6.07) is 0. The number of unbranched alkanes of at least 4 members (excludes halogenated alkanes) is 2. The van der Waals surface area contributed by atoms with E-state index in [-0.39, 0.29) is 0 Å². The van der Waals surface area contributed by atoms with Crippen LogP contribution in [0.5, 0.6) is 0 Å². The van der Waals surface area contributed by atoms with Crippen LogP contribution in [0.15, 0.2) is 16.9 Å². The smallest absolute Gasteiger partial charge is 0.204 e. The Balaban J connectivity index is 2.52. The first-order chi connectivity index (χ1) is 6.33. The van der Waals surface area contributed by atoms with Gasteiger partial charge in [-0.25, -0.2) is 9.97 Å². The number of halogens is 1. The first kappa shape index (κ1) is 10.2. The molecule has 1 rings (SSSR count). The maximum absolute atomic E-state index is 4.04. The molecular formula is C10H11BrN2. The molecule has 0 N–H and O–H groups in total. The molecule has 0 aliphatic carbocycles. The van der Waals surface area contributed by atoms with Crippen LogP contribution in [0.25, 0.3) is 0 Å². The van der Waals surface area contributed by atoms with Crippen molar-refractivity contribution in [2.24, 2.45) is 0 Å². The highest BCUT2D eigenvalue weighted by Crippen LogP contribution is 2.03. The van der Waals surface area contributed by atoms with Gasteiger partial charge in [-0.1, -0.05) is 19.3 Å². The van der Waals surface area contributed by atoms with Gasteiger partial charge in [0.15, 0.2) is 0 Å². The Morgan fingerprint density at radius 2 is 2.08 bits per heavy atom. The Hall–Kier alpha value is -0.880. The molecule has 0 aliphatic heterocycles. The average Bonchev–Trinajstić information content (AvgIpc) is 2.15. The lowest BCUT2D eigenvalue weighted by molar-refractivity contribution is 0.828. The summed E-state index contributed by atoms with van der Waals surface area (Å²) in [5.41, 5.74) is 0. The van der Waals surface area contributed by atoms with Crippen molar-refractivity contribution in [2.45, 2.75) is 26.2 Å². The van der Waals surface area contributed by atoms with Crippen molar-refractivity contribution >= 4 is 15.9 Å². The van der Waals surface area contributed by atoms with E-state index in [9.17, 15) is 0 Å². The van der Waals surface area contributed by atoms with Gasteiger partial charge in [-0.05, 0) is 28.3 Å². The van der Waals surface area contributed by atoms with Gasteiger partial charge in [0.05, 0.1) is 4.47 Å². The lowest BCUT2D eigenvalue weighted by Gasteiger charge is -1.88. The Morgan fingerprint density at radius 3 is 2.69 bits per heavy atom. The lowest BCUT2D eigenvalue weighted by Crippen LogP contribution is -1.86. The summed E-state index contributed by atoms with van der Waals surface area (Å²) in [5.74, 6) is 6.54. The molecule has 68 valence electrons. The number of hydrogen-bond acceptors (Lipinski definition) is 2. The molecule has 0 aromatic carbocycles. The zero-order valence-corrected chi connectivity index (χ0v) is 9.13. The highest BCUT2D eigenvalue weighted by Gasteiger charge is 1.89. The topological polar surface area (TPSA) is 25.8 Å². The first-order valence-electron chi connectivity index (χ1n) is 4.29. The maximum atomic E-state index is 4.04. The Morgan fingerprint density at radius 1 is 1.38 bits per heavy atom. The van der Waals surface area contributed by atoms with Gasteiger partial charge in [-0.2, -0.15) is 0 Å². The molecule has 1 aromatic rings. The number of nitrogens with zero attached hydrogens (tertiary/aromatic N) is 2. The van der Waals surface area contributed by atoms with E-state index in [1.807, 2.05) is 0 Å². The molecule has 1 aromatic heterocycles. The van der Waals surface area contributed by atoms with Crippen LogP contribution < -0.4 is 0 Å². The van der Waals surface area contributed by atoms with Crippen molar-refractivity contribution in [1.82, 2.24) is 9.97 Å². The molecule has 0 bridgehead atoms. The van der Waals surface area contributed by atoms with Gasteiger partial charge < -0.3 is 0 Å². The Kier molecular flexibility index (Phi) is 4.48. The van der Waals surface area contributed by atoms with Crippen LogP contribution >= 0.6 is 15.9 Å². The number of aromatic nitrogens is 2. The van der Waals surface area contributed by atoms with Crippen LogP contribution in [0.2, 0.25) is 0 Å². The van der Waals surface area contributed by atoms with Crippen molar-refractivity contribution < 1.29 is 0 Å². The van der Waals surface area contributed by atoms with E-state index < -0.39 is 0 Å². The predicted molar refractivity (Wildman–Crippen MR) is 56.1 cm³/mol. The fraction of sp³-hybridized carbons (Fsp3) is 0.400. The van der Waals surface area contributed by atoms with E-state index in [4.69, 9.17) is 0 Å². The highest BCUT2D eigenvalue weighted by molar-refractivity contribution is 9.10. The average molecular weight is 239 g/mol. The predicted octanol–water partition coefficient (Wildman–Crippen LogP) is 2.78. The van der Waals surface area contributed by atoms with Crippen molar-refractivity contribution in [3.63, 3.8) is 0 Å². The molecule has 1 heterocycles. The van der Waals surface area contributed by atoms with E-state index in [2.05, 4.69) is 44.7 Å². The van der Waals surface area contributed by atoms with Crippen LogP contribution in [0.3, 0.4) is 0 Å². The monoisotopic (exact) mass is 238 g/mol. The van der Waals surface area contributed by atoms with Crippen molar-refractivity contribution in [3.8, 4) is 11.8 Å². The molecule has 0 aliphatic rings. The normalized spacial score (nSPS) is 9.08. The van der Waals surface area contributed by atoms with E-state index in [0.717, 1.165) is 17.3 Å². The van der Waals surface area contributed by atoms with Gasteiger partial charge in [0.1, 0.15) is 0 Å². The molecule has 0 atom stereocenters. The summed E-state index contributed by atoms with van der Waals surface area (Å²) < 4.78 is 0.881. The summed E-state index contributed by atoms with van der Waals surface area (Å²) in [6.07, 6.45) is 6.66. The number of rotatable bonds is 2. The minimum Gasteiger partial charge on any atom is -0.228 e. The molecule has 0 radical (unpaired) electrons. The second-order valence-corrected chi connectivity index (χ2v) is 3.55. The molecule has 0 fully saturated rings. The van der Waals surface area contributed by atoms with Gasteiger partial charge in [-0.15, -0.1) is 0 Å². The van der Waals surface area contributed by atoms with Gasteiger partial charge in [0, 0.05) is 18.8 Å². The molecule has 0 unspecified atom stereocenters. The Bertz CT molecular complexity index is 308. The highest BCUT2D eigenvalue weighted by atomic mass is 79.9. The van der Waals surface area contributed by atoms with Gasteiger partial charge in [0.2, 0.25) is 5.82 Å². The molecule has 2 nitrogen and oxygen atoms in total. The zero-order valence-electron chi connectivity index (χ0n) is 7.55. The summed E-state index contributed by atoms with van der Waals surface area (Å²) in [6.45, 7) is 2.15. The summed E-state index contributed by atoms with van der Waals surface area (Å²) in [7, 11) is 0. The minimum absolute atomic E-state index is 0.597. The Labute approximate surface area is 86.9 Å². The standard InChI is InChI=1S/C10H11BrN2/c1-2-3-4-5-6-10-12-7-9(11)8-13-10/h7-8H,2-4H2,1H3. The van der Waals surface area contributed by atoms with Crippen molar-refractivity contribution in [3.05, 3.63) is 22.7 Å². The largest absolute Gasteiger partial charge is 0.228 e. The van der Waals surface area contributed by atoms with Crippen LogP contribution in [0.4, 0.5) is 0 Å².